The molecule has 0 radical (unpaired) electrons. The molecule has 0 unspecified atom stereocenters. The molecule has 1 aromatic carbocycles. The zero-order valence-electron chi connectivity index (χ0n) is 14.0. The molecular weight excluding hydrogens is 348 g/mol. The van der Waals surface area contributed by atoms with Gasteiger partial charge in [-0.15, -0.1) is 11.3 Å². The minimum Gasteiger partial charge on any atom is -0.383 e. The van der Waals surface area contributed by atoms with Gasteiger partial charge in [-0.05, 0) is 26.0 Å². The van der Waals surface area contributed by atoms with Crippen LogP contribution in [-0.4, -0.2) is 40.3 Å². The highest BCUT2D eigenvalue weighted by Crippen LogP contribution is 2.22. The third kappa shape index (κ3) is 5.27. The number of ether oxygens (including phenoxy) is 1. The van der Waals surface area contributed by atoms with Crippen LogP contribution in [0.2, 0.25) is 0 Å². The molecule has 8 heteroatoms. The molecule has 24 heavy (non-hydrogen) atoms. The first-order valence-corrected chi connectivity index (χ1v) is 9.80. The van der Waals surface area contributed by atoms with Crippen molar-refractivity contribution in [3.63, 3.8) is 0 Å². The molecular formula is C16H22N2O4S2. The summed E-state index contributed by atoms with van der Waals surface area (Å²) in [4.78, 5) is 5.68. The first kappa shape index (κ1) is 18.9. The molecule has 0 bridgehead atoms. The normalized spacial score (nSPS) is 11.6. The van der Waals surface area contributed by atoms with E-state index < -0.39 is 10.1 Å². The van der Waals surface area contributed by atoms with Crippen LogP contribution in [-0.2, 0) is 25.5 Å². The minimum atomic E-state index is -3.73. The molecule has 0 aliphatic heterocycles. The van der Waals surface area contributed by atoms with Crippen molar-refractivity contribution in [3.8, 4) is 0 Å². The summed E-state index contributed by atoms with van der Waals surface area (Å²) in [5, 5.41) is 3.97. The van der Waals surface area contributed by atoms with Crippen LogP contribution in [0.1, 0.15) is 16.1 Å². The van der Waals surface area contributed by atoms with E-state index in [1.54, 1.807) is 31.4 Å². The third-order valence-corrected chi connectivity index (χ3v) is 5.66. The summed E-state index contributed by atoms with van der Waals surface area (Å²) in [5.41, 5.74) is 1.85. The smallest absolute Gasteiger partial charge is 0.296 e. The topological polar surface area (TPSA) is 77.5 Å². The maximum atomic E-state index is 12.1. The van der Waals surface area contributed by atoms with Gasteiger partial charge in [-0.1, -0.05) is 17.7 Å². The lowest BCUT2D eigenvalue weighted by atomic mass is 10.2. The Morgan fingerprint density at radius 1 is 1.17 bits per heavy atom. The van der Waals surface area contributed by atoms with Crippen LogP contribution in [0.5, 0.6) is 0 Å². The summed E-state index contributed by atoms with van der Waals surface area (Å²) >= 11 is 1.54. The standard InChI is InChI=1S/C16H22N2O4S2/c1-12-4-6-14(7-5-12)24(19,20)22-10-8-15-13(2)23-16(18-15)17-9-11-21-3/h4-7H,8-11H2,1-3H3,(H,17,18). The number of aromatic nitrogens is 1. The van der Waals surface area contributed by atoms with Gasteiger partial charge < -0.3 is 10.1 Å². The van der Waals surface area contributed by atoms with Crippen molar-refractivity contribution in [2.75, 3.05) is 32.2 Å². The molecule has 6 nitrogen and oxygen atoms in total. The van der Waals surface area contributed by atoms with E-state index in [1.165, 1.54) is 11.3 Å². The molecule has 132 valence electrons. The Hall–Kier alpha value is -1.48. The van der Waals surface area contributed by atoms with E-state index in [0.29, 0.717) is 19.6 Å². The Balaban J connectivity index is 1.90. The van der Waals surface area contributed by atoms with Crippen molar-refractivity contribution in [2.24, 2.45) is 0 Å². The number of methoxy groups -OCH3 is 1. The van der Waals surface area contributed by atoms with Crippen LogP contribution in [0.15, 0.2) is 29.2 Å². The van der Waals surface area contributed by atoms with Crippen molar-refractivity contribution in [2.45, 2.75) is 25.2 Å². The Kier molecular flexibility index (Phi) is 6.73. The number of nitrogens with zero attached hydrogens (tertiary/aromatic N) is 1. The van der Waals surface area contributed by atoms with Crippen molar-refractivity contribution >= 4 is 26.6 Å². The molecule has 0 aliphatic carbocycles. The number of rotatable bonds is 9. The van der Waals surface area contributed by atoms with Gasteiger partial charge in [0.2, 0.25) is 0 Å². The van der Waals surface area contributed by atoms with E-state index in [1.807, 2.05) is 13.8 Å². The molecule has 0 spiro atoms. The summed E-state index contributed by atoms with van der Waals surface area (Å²) < 4.78 is 34.4. The summed E-state index contributed by atoms with van der Waals surface area (Å²) in [6, 6.07) is 6.60. The second-order valence-corrected chi connectivity index (χ2v) is 8.10. The highest BCUT2D eigenvalue weighted by Gasteiger charge is 2.15. The van der Waals surface area contributed by atoms with Gasteiger partial charge in [0.05, 0.1) is 23.8 Å². The molecule has 0 saturated carbocycles. The lowest BCUT2D eigenvalue weighted by Crippen LogP contribution is -2.10. The van der Waals surface area contributed by atoms with Crippen molar-refractivity contribution in [3.05, 3.63) is 40.4 Å². The highest BCUT2D eigenvalue weighted by molar-refractivity contribution is 7.86. The lowest BCUT2D eigenvalue weighted by Gasteiger charge is -2.05. The molecule has 2 rings (SSSR count). The largest absolute Gasteiger partial charge is 0.383 e. The predicted molar refractivity (Wildman–Crippen MR) is 95.2 cm³/mol. The van der Waals surface area contributed by atoms with Gasteiger partial charge in [0.15, 0.2) is 5.13 Å². The van der Waals surface area contributed by atoms with Crippen LogP contribution < -0.4 is 5.32 Å². The second kappa shape index (κ2) is 8.57. The lowest BCUT2D eigenvalue weighted by molar-refractivity contribution is 0.211. The number of thiazole rings is 1. The van der Waals surface area contributed by atoms with E-state index in [4.69, 9.17) is 8.92 Å². The van der Waals surface area contributed by atoms with Gasteiger partial charge >= 0.3 is 0 Å². The van der Waals surface area contributed by atoms with Gasteiger partial charge in [0, 0.05) is 25.0 Å². The molecule has 1 heterocycles. The van der Waals surface area contributed by atoms with Crippen LogP contribution in [0.4, 0.5) is 5.13 Å². The molecule has 0 amide bonds. The summed E-state index contributed by atoms with van der Waals surface area (Å²) in [7, 11) is -2.08. The number of aryl methyl sites for hydroxylation is 2. The van der Waals surface area contributed by atoms with E-state index >= 15 is 0 Å². The van der Waals surface area contributed by atoms with Crippen LogP contribution >= 0.6 is 11.3 Å². The zero-order chi connectivity index (χ0) is 17.6. The molecule has 1 aromatic heterocycles. The molecule has 0 atom stereocenters. The average molecular weight is 370 g/mol. The number of benzene rings is 1. The quantitative estimate of drug-likeness (QED) is 0.540. The Bertz CT molecular complexity index is 755. The van der Waals surface area contributed by atoms with E-state index in [9.17, 15) is 8.42 Å². The van der Waals surface area contributed by atoms with Crippen LogP contribution in [0.3, 0.4) is 0 Å². The third-order valence-electron chi connectivity index (χ3n) is 3.36. The summed E-state index contributed by atoms with van der Waals surface area (Å²) in [5.74, 6) is 0. The Labute approximate surface area is 147 Å². The number of hydrogen-bond donors (Lipinski definition) is 1. The predicted octanol–water partition coefficient (Wildman–Crippen LogP) is 2.77. The molecule has 0 saturated heterocycles. The van der Waals surface area contributed by atoms with Crippen LogP contribution in [0.25, 0.3) is 0 Å². The maximum Gasteiger partial charge on any atom is 0.296 e. The number of anilines is 1. The minimum absolute atomic E-state index is 0.0678. The fourth-order valence-electron chi connectivity index (χ4n) is 2.02. The Morgan fingerprint density at radius 3 is 2.54 bits per heavy atom. The van der Waals surface area contributed by atoms with E-state index in [-0.39, 0.29) is 11.5 Å². The maximum absolute atomic E-state index is 12.1. The average Bonchev–Trinajstić information content (AvgIpc) is 2.88. The molecule has 0 aliphatic rings. The van der Waals surface area contributed by atoms with E-state index in [2.05, 4.69) is 10.3 Å². The van der Waals surface area contributed by atoms with Crippen molar-refractivity contribution < 1.29 is 17.3 Å². The fraction of sp³-hybridized carbons (Fsp3) is 0.438. The Morgan fingerprint density at radius 2 is 1.88 bits per heavy atom. The van der Waals surface area contributed by atoms with Gasteiger partial charge in [0.1, 0.15) is 0 Å². The fourth-order valence-corrected chi connectivity index (χ4v) is 3.81. The molecule has 1 N–H and O–H groups in total. The van der Waals surface area contributed by atoms with Crippen LogP contribution in [0, 0.1) is 13.8 Å². The molecule has 2 aromatic rings. The first-order chi connectivity index (χ1) is 11.4. The first-order valence-electron chi connectivity index (χ1n) is 7.57. The monoisotopic (exact) mass is 370 g/mol. The molecule has 0 fully saturated rings. The van der Waals surface area contributed by atoms with Crippen molar-refractivity contribution in [1.29, 1.82) is 0 Å². The van der Waals surface area contributed by atoms with Gasteiger partial charge in [-0.3, -0.25) is 4.18 Å². The van der Waals surface area contributed by atoms with Gasteiger partial charge in [-0.25, -0.2) is 4.98 Å². The summed E-state index contributed by atoms with van der Waals surface area (Å²) in [6.45, 7) is 5.22. The zero-order valence-corrected chi connectivity index (χ0v) is 15.7. The SMILES string of the molecule is COCCNc1nc(CCOS(=O)(=O)c2ccc(C)cc2)c(C)s1. The number of hydrogen-bond acceptors (Lipinski definition) is 7. The van der Waals surface area contributed by atoms with Gasteiger partial charge in [-0.2, -0.15) is 8.42 Å². The van der Waals surface area contributed by atoms with E-state index in [0.717, 1.165) is 21.3 Å². The highest BCUT2D eigenvalue weighted by atomic mass is 32.2. The summed E-state index contributed by atoms with van der Waals surface area (Å²) in [6.07, 6.45) is 0.444. The number of nitrogens with one attached hydrogen (secondary N) is 1. The van der Waals surface area contributed by atoms with Gasteiger partial charge in [0.25, 0.3) is 10.1 Å². The second-order valence-electron chi connectivity index (χ2n) is 5.28. The van der Waals surface area contributed by atoms with Crippen molar-refractivity contribution in [1.82, 2.24) is 4.98 Å².